The van der Waals surface area contributed by atoms with Gasteiger partial charge in [0.15, 0.2) is 0 Å². The molecule has 1 amide bonds. The van der Waals surface area contributed by atoms with Gasteiger partial charge in [-0.2, -0.15) is 26.3 Å². The number of nitrogens with zero attached hydrogens (tertiary/aromatic N) is 1. The summed E-state index contributed by atoms with van der Waals surface area (Å²) in [6.45, 7) is 0. The van der Waals surface area contributed by atoms with Gasteiger partial charge in [-0.1, -0.05) is 0 Å². The first-order valence-corrected chi connectivity index (χ1v) is 7.71. The third-order valence-electron chi connectivity index (χ3n) is 3.99. The number of carbonyl (C=O) groups excluding carboxylic acids is 1. The van der Waals surface area contributed by atoms with E-state index in [2.05, 4.69) is 9.97 Å². The molecule has 0 spiro atoms. The molecule has 0 unspecified atom stereocenters. The minimum Gasteiger partial charge on any atom is -0.366 e. The molecule has 3 aromatic rings. The number of carbonyl (C=O) groups is 1. The van der Waals surface area contributed by atoms with Crippen LogP contribution in [-0.4, -0.2) is 15.9 Å². The summed E-state index contributed by atoms with van der Waals surface area (Å²) in [6, 6.07) is 4.00. The van der Waals surface area contributed by atoms with Crippen LogP contribution in [0.1, 0.15) is 22.3 Å². The van der Waals surface area contributed by atoms with Crippen molar-refractivity contribution in [1.29, 1.82) is 0 Å². The van der Waals surface area contributed by atoms with Gasteiger partial charge in [0, 0.05) is 28.9 Å². The Hall–Kier alpha value is -3.30. The maximum absolute atomic E-state index is 13.4. The zero-order chi connectivity index (χ0) is 20.7. The Morgan fingerprint density at radius 3 is 2.39 bits per heavy atom. The molecule has 0 aliphatic carbocycles. The summed E-state index contributed by atoms with van der Waals surface area (Å²) in [5.74, 6) is -1.30. The van der Waals surface area contributed by atoms with Gasteiger partial charge < -0.3 is 10.7 Å². The van der Waals surface area contributed by atoms with Crippen molar-refractivity contribution in [1.82, 2.24) is 9.97 Å². The Morgan fingerprint density at radius 1 is 1.07 bits per heavy atom. The maximum Gasteiger partial charge on any atom is 0.417 e. The van der Waals surface area contributed by atoms with Crippen molar-refractivity contribution in [2.75, 3.05) is 0 Å². The van der Waals surface area contributed by atoms with Crippen molar-refractivity contribution < 1.29 is 31.1 Å². The number of H-pyrrole nitrogens is 1. The van der Waals surface area contributed by atoms with Gasteiger partial charge in [-0.25, -0.2) is 4.98 Å². The van der Waals surface area contributed by atoms with Crippen molar-refractivity contribution in [3.63, 3.8) is 0 Å². The van der Waals surface area contributed by atoms with Gasteiger partial charge in [-0.15, -0.1) is 0 Å². The molecule has 3 rings (SSSR count). The first kappa shape index (κ1) is 19.5. The second-order valence-electron chi connectivity index (χ2n) is 5.82. The molecule has 0 bridgehead atoms. The predicted octanol–water partition coefficient (Wildman–Crippen LogP) is 4.63. The number of hydrogen-bond acceptors (Lipinski definition) is 2. The number of fused-ring (bicyclic) bond motifs is 1. The highest BCUT2D eigenvalue weighted by Gasteiger charge is 2.38. The SMILES string of the molecule is NC(=O)/C(=C\c1c[nH]c2ncccc12)c1cc(C(F)(F)F)ccc1C(F)(F)F. The highest BCUT2D eigenvalue weighted by atomic mass is 19.4. The molecule has 146 valence electrons. The number of primary amides is 1. The van der Waals surface area contributed by atoms with Gasteiger partial charge in [0.25, 0.3) is 0 Å². The lowest BCUT2D eigenvalue weighted by molar-refractivity contribution is -0.141. The van der Waals surface area contributed by atoms with Crippen LogP contribution in [0.15, 0.2) is 42.7 Å². The van der Waals surface area contributed by atoms with Crippen LogP contribution in [-0.2, 0) is 17.1 Å². The molecule has 0 saturated carbocycles. The maximum atomic E-state index is 13.4. The minimum absolute atomic E-state index is 0.252. The highest BCUT2D eigenvalue weighted by molar-refractivity contribution is 6.24. The van der Waals surface area contributed by atoms with E-state index in [1.165, 1.54) is 12.4 Å². The smallest absolute Gasteiger partial charge is 0.366 e. The number of halogens is 6. The van der Waals surface area contributed by atoms with E-state index in [1.54, 1.807) is 12.1 Å². The lowest BCUT2D eigenvalue weighted by atomic mass is 9.94. The summed E-state index contributed by atoms with van der Waals surface area (Å²) < 4.78 is 79.1. The monoisotopic (exact) mass is 399 g/mol. The highest BCUT2D eigenvalue weighted by Crippen LogP contribution is 2.39. The molecule has 4 nitrogen and oxygen atoms in total. The van der Waals surface area contributed by atoms with Crippen molar-refractivity contribution in [3.8, 4) is 0 Å². The van der Waals surface area contributed by atoms with Gasteiger partial charge in [0.05, 0.1) is 11.1 Å². The number of nitrogens with one attached hydrogen (secondary N) is 1. The fourth-order valence-electron chi connectivity index (χ4n) is 2.72. The average molecular weight is 399 g/mol. The molecule has 2 heterocycles. The number of benzene rings is 1. The van der Waals surface area contributed by atoms with Crippen molar-refractivity contribution >= 4 is 28.6 Å². The average Bonchev–Trinajstić information content (AvgIpc) is 3.00. The Kier molecular flexibility index (Phi) is 4.66. The van der Waals surface area contributed by atoms with Gasteiger partial charge >= 0.3 is 12.4 Å². The summed E-state index contributed by atoms with van der Waals surface area (Å²) in [7, 11) is 0. The van der Waals surface area contributed by atoms with E-state index in [0.717, 1.165) is 6.08 Å². The number of aromatic nitrogens is 2. The zero-order valence-electron chi connectivity index (χ0n) is 13.8. The largest absolute Gasteiger partial charge is 0.417 e. The molecule has 0 fully saturated rings. The van der Waals surface area contributed by atoms with Crippen molar-refractivity contribution in [3.05, 3.63) is 65.0 Å². The number of alkyl halides is 6. The third-order valence-corrected chi connectivity index (χ3v) is 3.99. The standard InChI is InChI=1S/C18H11F6N3O/c19-17(20,21)10-3-4-14(18(22,23)24)12(7-10)13(15(25)28)6-9-8-27-16-11(9)2-1-5-26-16/h1-8H,(H2,25,28)(H,26,27)/b13-6-. The van der Waals surface area contributed by atoms with Crippen LogP contribution in [0, 0.1) is 0 Å². The van der Waals surface area contributed by atoms with Crippen molar-refractivity contribution in [2.45, 2.75) is 12.4 Å². The normalized spacial score (nSPS) is 13.1. The van der Waals surface area contributed by atoms with Crippen LogP contribution in [0.2, 0.25) is 0 Å². The number of nitrogens with two attached hydrogens (primary N) is 1. The first-order chi connectivity index (χ1) is 13.0. The summed E-state index contributed by atoms with van der Waals surface area (Å²) >= 11 is 0. The fourth-order valence-corrected chi connectivity index (χ4v) is 2.72. The van der Waals surface area contributed by atoms with E-state index in [-0.39, 0.29) is 17.7 Å². The molecule has 2 aromatic heterocycles. The topological polar surface area (TPSA) is 71.8 Å². The molecule has 0 aliphatic heterocycles. The molecule has 1 aromatic carbocycles. The van der Waals surface area contributed by atoms with Gasteiger partial charge in [0.2, 0.25) is 5.91 Å². The van der Waals surface area contributed by atoms with Gasteiger partial charge in [-0.3, -0.25) is 4.79 Å². The second-order valence-corrected chi connectivity index (χ2v) is 5.82. The molecule has 0 atom stereocenters. The van der Waals surface area contributed by atoms with E-state index in [9.17, 15) is 31.1 Å². The van der Waals surface area contributed by atoms with E-state index < -0.39 is 40.5 Å². The summed E-state index contributed by atoms with van der Waals surface area (Å²) in [4.78, 5) is 18.6. The van der Waals surface area contributed by atoms with Crippen LogP contribution in [0.5, 0.6) is 0 Å². The summed E-state index contributed by atoms with van der Waals surface area (Å²) in [6.07, 6.45) is -6.05. The molecule has 10 heteroatoms. The zero-order valence-corrected chi connectivity index (χ0v) is 13.8. The van der Waals surface area contributed by atoms with Crippen LogP contribution >= 0.6 is 0 Å². The molecule has 0 radical (unpaired) electrons. The Morgan fingerprint density at radius 2 is 1.79 bits per heavy atom. The molecule has 0 aliphatic rings. The first-order valence-electron chi connectivity index (χ1n) is 7.71. The molecule has 28 heavy (non-hydrogen) atoms. The minimum atomic E-state index is -4.99. The van der Waals surface area contributed by atoms with E-state index in [4.69, 9.17) is 5.73 Å². The number of pyridine rings is 1. The lowest BCUT2D eigenvalue weighted by Gasteiger charge is -2.16. The Labute approximate surface area is 153 Å². The number of amides is 1. The van der Waals surface area contributed by atoms with Gasteiger partial charge in [0.1, 0.15) is 5.65 Å². The van der Waals surface area contributed by atoms with Gasteiger partial charge in [-0.05, 0) is 42.0 Å². The number of aromatic amines is 1. The van der Waals surface area contributed by atoms with E-state index >= 15 is 0 Å². The number of hydrogen-bond donors (Lipinski definition) is 2. The summed E-state index contributed by atoms with van der Waals surface area (Å²) in [5, 5.41) is 0.460. The fraction of sp³-hybridized carbons (Fsp3) is 0.111. The predicted molar refractivity (Wildman–Crippen MR) is 89.6 cm³/mol. The van der Waals surface area contributed by atoms with E-state index in [0.29, 0.717) is 17.1 Å². The summed E-state index contributed by atoms with van der Waals surface area (Å²) in [5.41, 5.74) is 1.47. The van der Waals surface area contributed by atoms with Crippen LogP contribution < -0.4 is 5.73 Å². The molecule has 0 saturated heterocycles. The van der Waals surface area contributed by atoms with Crippen LogP contribution in [0.4, 0.5) is 26.3 Å². The number of rotatable bonds is 3. The second kappa shape index (κ2) is 6.70. The molecule has 3 N–H and O–H groups in total. The molecular formula is C18H11F6N3O. The van der Waals surface area contributed by atoms with E-state index in [1.807, 2.05) is 0 Å². The lowest BCUT2D eigenvalue weighted by Crippen LogP contribution is -2.18. The Balaban J connectivity index is 2.28. The van der Waals surface area contributed by atoms with Crippen LogP contribution in [0.25, 0.3) is 22.7 Å². The van der Waals surface area contributed by atoms with Crippen molar-refractivity contribution in [2.24, 2.45) is 5.73 Å². The molecular weight excluding hydrogens is 388 g/mol. The quantitative estimate of drug-likeness (QED) is 0.498. The third kappa shape index (κ3) is 3.71. The van der Waals surface area contributed by atoms with Crippen LogP contribution in [0.3, 0.4) is 0 Å². The Bertz CT molecular complexity index is 1080.